The van der Waals surface area contributed by atoms with E-state index in [4.69, 9.17) is 0 Å². The van der Waals surface area contributed by atoms with Crippen LogP contribution in [0.2, 0.25) is 0 Å². The minimum atomic E-state index is -0.726. The average Bonchev–Trinajstić information content (AvgIpc) is 2.68. The van der Waals surface area contributed by atoms with Crippen molar-refractivity contribution in [3.05, 3.63) is 35.9 Å². The minimum absolute atomic E-state index is 0.155. The number of amides is 1. The second kappa shape index (κ2) is 9.85. The lowest BCUT2D eigenvalue weighted by Gasteiger charge is -2.39. The molecule has 2 unspecified atom stereocenters. The van der Waals surface area contributed by atoms with E-state index in [2.05, 4.69) is 10.2 Å². The first kappa shape index (κ1) is 19.8. The van der Waals surface area contributed by atoms with E-state index in [0.717, 1.165) is 51.1 Å². The molecule has 0 saturated carbocycles. The summed E-state index contributed by atoms with van der Waals surface area (Å²) >= 11 is 0. The van der Waals surface area contributed by atoms with Crippen molar-refractivity contribution in [2.24, 2.45) is 11.8 Å². The lowest BCUT2D eigenvalue weighted by atomic mass is 9.81. The van der Waals surface area contributed by atoms with Crippen LogP contribution < -0.4 is 5.32 Å². The molecule has 0 aromatic heterocycles. The van der Waals surface area contributed by atoms with E-state index in [1.54, 1.807) is 0 Å². The van der Waals surface area contributed by atoms with Crippen LogP contribution in [-0.4, -0.2) is 72.6 Å². The van der Waals surface area contributed by atoms with Gasteiger partial charge in [-0.2, -0.15) is 0 Å². The van der Waals surface area contributed by atoms with Crippen LogP contribution in [-0.2, 0) is 16.0 Å². The van der Waals surface area contributed by atoms with Gasteiger partial charge in [0.15, 0.2) is 0 Å². The molecule has 1 amide bonds. The molecule has 0 spiro atoms. The van der Waals surface area contributed by atoms with Gasteiger partial charge in [-0.25, -0.2) is 0 Å². The maximum absolute atomic E-state index is 12.7. The molecule has 2 aliphatic rings. The first-order valence-corrected chi connectivity index (χ1v) is 10.1. The molecule has 2 fully saturated rings. The molecular formula is C21H31N3O3. The lowest BCUT2D eigenvalue weighted by molar-refractivity contribution is -0.139. The monoisotopic (exact) mass is 373 g/mol. The van der Waals surface area contributed by atoms with E-state index in [9.17, 15) is 14.7 Å². The molecule has 6 nitrogen and oxygen atoms in total. The van der Waals surface area contributed by atoms with E-state index >= 15 is 0 Å². The molecular weight excluding hydrogens is 342 g/mol. The highest BCUT2D eigenvalue weighted by Gasteiger charge is 2.32. The van der Waals surface area contributed by atoms with Crippen molar-refractivity contribution >= 4 is 11.9 Å². The van der Waals surface area contributed by atoms with Crippen LogP contribution in [0.3, 0.4) is 0 Å². The number of carboxylic acids is 1. The highest BCUT2D eigenvalue weighted by atomic mass is 16.4. The van der Waals surface area contributed by atoms with Crippen LogP contribution in [0.15, 0.2) is 30.3 Å². The van der Waals surface area contributed by atoms with Gasteiger partial charge in [-0.3, -0.25) is 9.59 Å². The summed E-state index contributed by atoms with van der Waals surface area (Å²) < 4.78 is 0. The SMILES string of the molecule is O=C(O)CC1CCN(C(=O)Cc2ccccc2)CC1CCN1CCNCC1. The summed E-state index contributed by atoms with van der Waals surface area (Å²) in [5.41, 5.74) is 1.03. The summed E-state index contributed by atoms with van der Waals surface area (Å²) in [4.78, 5) is 28.4. The maximum atomic E-state index is 12.7. The number of aliphatic carboxylic acids is 1. The predicted octanol–water partition coefficient (Wildman–Crippen LogP) is 1.46. The number of hydrogen-bond donors (Lipinski definition) is 2. The first-order valence-electron chi connectivity index (χ1n) is 10.1. The smallest absolute Gasteiger partial charge is 0.303 e. The van der Waals surface area contributed by atoms with Crippen molar-refractivity contribution in [2.45, 2.75) is 25.7 Å². The Kier molecular flexibility index (Phi) is 7.24. The molecule has 148 valence electrons. The number of nitrogens with one attached hydrogen (secondary N) is 1. The van der Waals surface area contributed by atoms with Crippen LogP contribution in [0.25, 0.3) is 0 Å². The second-order valence-electron chi connectivity index (χ2n) is 7.79. The number of carbonyl (C=O) groups excluding carboxylic acids is 1. The molecule has 0 radical (unpaired) electrons. The van der Waals surface area contributed by atoms with Crippen molar-refractivity contribution in [1.82, 2.24) is 15.1 Å². The Hall–Kier alpha value is -1.92. The Morgan fingerprint density at radius 3 is 2.52 bits per heavy atom. The van der Waals surface area contributed by atoms with Gasteiger partial charge in [0.1, 0.15) is 0 Å². The van der Waals surface area contributed by atoms with Gasteiger partial charge in [-0.15, -0.1) is 0 Å². The van der Waals surface area contributed by atoms with Crippen LogP contribution in [0, 0.1) is 11.8 Å². The minimum Gasteiger partial charge on any atom is -0.481 e. The molecule has 2 heterocycles. The molecule has 2 atom stereocenters. The number of benzene rings is 1. The predicted molar refractivity (Wildman–Crippen MR) is 105 cm³/mol. The Morgan fingerprint density at radius 1 is 1.07 bits per heavy atom. The number of piperidine rings is 1. The third-order valence-corrected chi connectivity index (χ3v) is 5.90. The summed E-state index contributed by atoms with van der Waals surface area (Å²) in [6, 6.07) is 9.83. The van der Waals surface area contributed by atoms with Gasteiger partial charge in [-0.1, -0.05) is 30.3 Å². The van der Waals surface area contributed by atoms with Gasteiger partial charge in [0.2, 0.25) is 5.91 Å². The average molecular weight is 373 g/mol. The molecule has 2 saturated heterocycles. The van der Waals surface area contributed by atoms with Crippen molar-refractivity contribution < 1.29 is 14.7 Å². The van der Waals surface area contributed by atoms with Crippen molar-refractivity contribution in [1.29, 1.82) is 0 Å². The number of rotatable bonds is 7. The van der Waals surface area contributed by atoms with Crippen LogP contribution in [0.4, 0.5) is 0 Å². The Bertz CT molecular complexity index is 616. The van der Waals surface area contributed by atoms with Gasteiger partial charge in [0.05, 0.1) is 6.42 Å². The van der Waals surface area contributed by atoms with Crippen LogP contribution >= 0.6 is 0 Å². The summed E-state index contributed by atoms with van der Waals surface area (Å²) in [6.07, 6.45) is 2.40. The highest BCUT2D eigenvalue weighted by Crippen LogP contribution is 2.30. The molecule has 1 aromatic rings. The summed E-state index contributed by atoms with van der Waals surface area (Å²) in [5.74, 6) is -0.131. The van der Waals surface area contributed by atoms with Crippen molar-refractivity contribution in [2.75, 3.05) is 45.8 Å². The third-order valence-electron chi connectivity index (χ3n) is 5.90. The number of hydrogen-bond acceptors (Lipinski definition) is 4. The first-order chi connectivity index (χ1) is 13.1. The van der Waals surface area contributed by atoms with Gasteiger partial charge in [0.25, 0.3) is 0 Å². The number of likely N-dealkylation sites (tertiary alicyclic amines) is 1. The third kappa shape index (κ3) is 6.04. The van der Waals surface area contributed by atoms with Gasteiger partial charge < -0.3 is 20.2 Å². The number of piperazine rings is 1. The normalized spacial score (nSPS) is 23.9. The van der Waals surface area contributed by atoms with E-state index in [0.29, 0.717) is 19.5 Å². The van der Waals surface area contributed by atoms with Gasteiger partial charge in [0, 0.05) is 45.7 Å². The zero-order valence-corrected chi connectivity index (χ0v) is 16.0. The summed E-state index contributed by atoms with van der Waals surface area (Å²) in [7, 11) is 0. The zero-order chi connectivity index (χ0) is 19.1. The quantitative estimate of drug-likeness (QED) is 0.757. The fraction of sp³-hybridized carbons (Fsp3) is 0.619. The maximum Gasteiger partial charge on any atom is 0.303 e. The second-order valence-corrected chi connectivity index (χ2v) is 7.79. The van der Waals surface area contributed by atoms with Crippen LogP contribution in [0.1, 0.15) is 24.8 Å². The molecule has 0 bridgehead atoms. The number of carboxylic acid groups (broad SMARTS) is 1. The zero-order valence-electron chi connectivity index (χ0n) is 16.0. The highest BCUT2D eigenvalue weighted by molar-refractivity contribution is 5.79. The van der Waals surface area contributed by atoms with Gasteiger partial charge in [-0.05, 0) is 36.8 Å². The van der Waals surface area contributed by atoms with E-state index < -0.39 is 5.97 Å². The Balaban J connectivity index is 1.57. The van der Waals surface area contributed by atoms with E-state index in [1.165, 1.54) is 0 Å². The molecule has 2 N–H and O–H groups in total. The topological polar surface area (TPSA) is 72.9 Å². The van der Waals surface area contributed by atoms with E-state index in [-0.39, 0.29) is 24.2 Å². The molecule has 1 aromatic carbocycles. The van der Waals surface area contributed by atoms with Gasteiger partial charge >= 0.3 is 5.97 Å². The van der Waals surface area contributed by atoms with Crippen LogP contribution in [0.5, 0.6) is 0 Å². The Labute approximate surface area is 161 Å². The standard InChI is InChI=1S/C21H31N3O3/c25-20(14-17-4-2-1-3-5-17)24-11-7-18(15-21(26)27)19(16-24)6-10-23-12-8-22-9-13-23/h1-5,18-19,22H,6-16H2,(H,26,27). The summed E-state index contributed by atoms with van der Waals surface area (Å²) in [5, 5.41) is 12.6. The lowest BCUT2D eigenvalue weighted by Crippen LogP contribution is -2.47. The fourth-order valence-electron chi connectivity index (χ4n) is 4.29. The molecule has 27 heavy (non-hydrogen) atoms. The fourth-order valence-corrected chi connectivity index (χ4v) is 4.29. The number of nitrogens with zero attached hydrogens (tertiary/aromatic N) is 2. The molecule has 0 aliphatic carbocycles. The van der Waals surface area contributed by atoms with Crippen molar-refractivity contribution in [3.8, 4) is 0 Å². The van der Waals surface area contributed by atoms with E-state index in [1.807, 2.05) is 35.2 Å². The molecule has 3 rings (SSSR count). The largest absolute Gasteiger partial charge is 0.481 e. The number of carbonyl (C=O) groups is 2. The molecule has 2 aliphatic heterocycles. The summed E-state index contributed by atoms with van der Waals surface area (Å²) in [6.45, 7) is 6.49. The molecule has 6 heteroatoms. The Morgan fingerprint density at radius 2 is 1.81 bits per heavy atom. The van der Waals surface area contributed by atoms with Crippen molar-refractivity contribution in [3.63, 3.8) is 0 Å².